The lowest BCUT2D eigenvalue weighted by molar-refractivity contribution is 0.444. The Bertz CT molecular complexity index is 1610. The van der Waals surface area contributed by atoms with Gasteiger partial charge in [-0.15, -0.1) is 11.3 Å². The van der Waals surface area contributed by atoms with Crippen LogP contribution in [-0.2, 0) is 26.6 Å². The smallest absolute Gasteiger partial charge is 0.281 e. The van der Waals surface area contributed by atoms with E-state index in [4.69, 9.17) is 0 Å². The number of anilines is 1. The highest BCUT2D eigenvalue weighted by atomic mass is 32.2. The summed E-state index contributed by atoms with van der Waals surface area (Å²) >= 11 is 1.31. The molecule has 11 nitrogen and oxygen atoms in total. The molecule has 0 saturated carbocycles. The quantitative estimate of drug-likeness (QED) is 0.388. The van der Waals surface area contributed by atoms with Gasteiger partial charge in [-0.3, -0.25) is 14.2 Å². The number of aromatic hydroxyl groups is 1. The second kappa shape index (κ2) is 9.67. The SMILES string of the molecule is CCS(=O)(=O)Nc1ccc2c(c1)S(=O)(=O)NC(c1c(O)c(-c3cccs3)nn(CCC(C)C)c1=O)=N2. The van der Waals surface area contributed by atoms with E-state index in [0.717, 1.165) is 6.07 Å². The Balaban J connectivity index is 1.88. The van der Waals surface area contributed by atoms with Crippen molar-refractivity contribution in [1.82, 2.24) is 14.5 Å². The average Bonchev–Trinajstić information content (AvgIpc) is 3.33. The van der Waals surface area contributed by atoms with Crippen LogP contribution in [0, 0.1) is 5.92 Å². The van der Waals surface area contributed by atoms with Crippen molar-refractivity contribution in [2.24, 2.45) is 10.9 Å². The highest BCUT2D eigenvalue weighted by Gasteiger charge is 2.31. The number of nitrogens with one attached hydrogen (secondary N) is 2. The van der Waals surface area contributed by atoms with E-state index in [1.165, 1.54) is 35.1 Å². The third kappa shape index (κ3) is 5.15. The number of fused-ring (bicyclic) bond motifs is 1. The fourth-order valence-corrected chi connectivity index (χ4v) is 5.98. The van der Waals surface area contributed by atoms with Crippen molar-refractivity contribution in [2.75, 3.05) is 10.5 Å². The van der Waals surface area contributed by atoms with Gasteiger partial charge in [-0.05, 0) is 48.9 Å². The van der Waals surface area contributed by atoms with E-state index in [2.05, 4.69) is 19.5 Å². The molecule has 1 aromatic carbocycles. The van der Waals surface area contributed by atoms with Gasteiger partial charge in [-0.25, -0.2) is 26.5 Å². The summed E-state index contributed by atoms with van der Waals surface area (Å²) in [6.07, 6.45) is 0.637. The van der Waals surface area contributed by atoms with Crippen LogP contribution in [-0.4, -0.2) is 43.3 Å². The molecule has 3 N–H and O–H groups in total. The second-order valence-electron chi connectivity index (χ2n) is 8.51. The first kappa shape index (κ1) is 25.9. The molecule has 0 radical (unpaired) electrons. The van der Waals surface area contributed by atoms with Gasteiger partial charge in [-0.2, -0.15) is 5.10 Å². The Labute approximate surface area is 212 Å². The maximum atomic E-state index is 13.3. The summed E-state index contributed by atoms with van der Waals surface area (Å²) in [7, 11) is -7.88. The van der Waals surface area contributed by atoms with Crippen LogP contribution in [0.25, 0.3) is 10.6 Å². The van der Waals surface area contributed by atoms with Crippen LogP contribution in [0.5, 0.6) is 5.75 Å². The number of hydrogen-bond acceptors (Lipinski definition) is 9. The van der Waals surface area contributed by atoms with Crippen LogP contribution >= 0.6 is 11.3 Å². The molecule has 0 spiro atoms. The highest BCUT2D eigenvalue weighted by Crippen LogP contribution is 2.35. The monoisotopic (exact) mass is 551 g/mol. The van der Waals surface area contributed by atoms with E-state index >= 15 is 0 Å². The van der Waals surface area contributed by atoms with Crippen molar-refractivity contribution in [3.8, 4) is 16.3 Å². The first-order valence-corrected chi connectivity index (χ1v) is 15.1. The maximum absolute atomic E-state index is 13.3. The molecule has 1 aliphatic heterocycles. The van der Waals surface area contributed by atoms with Gasteiger partial charge in [0.15, 0.2) is 11.6 Å². The molecule has 1 aliphatic rings. The summed E-state index contributed by atoms with van der Waals surface area (Å²) in [6, 6.07) is 7.35. The first-order chi connectivity index (χ1) is 16.9. The van der Waals surface area contributed by atoms with Gasteiger partial charge < -0.3 is 5.11 Å². The van der Waals surface area contributed by atoms with Gasteiger partial charge in [0.2, 0.25) is 10.0 Å². The number of aromatic nitrogens is 2. The zero-order chi connectivity index (χ0) is 26.3. The Kier molecular flexibility index (Phi) is 6.94. The van der Waals surface area contributed by atoms with Crippen LogP contribution in [0.3, 0.4) is 0 Å². The van der Waals surface area contributed by atoms with Gasteiger partial charge in [0, 0.05) is 12.2 Å². The Morgan fingerprint density at radius 3 is 2.64 bits per heavy atom. The maximum Gasteiger partial charge on any atom is 0.281 e. The lowest BCUT2D eigenvalue weighted by Crippen LogP contribution is -2.39. The summed E-state index contributed by atoms with van der Waals surface area (Å²) in [5, 5.41) is 17.2. The number of hydrogen-bond donors (Lipinski definition) is 3. The molecule has 0 amide bonds. The van der Waals surface area contributed by atoms with Gasteiger partial charge >= 0.3 is 0 Å². The number of nitrogens with zero attached hydrogens (tertiary/aromatic N) is 3. The molecule has 4 rings (SSSR count). The summed E-state index contributed by atoms with van der Waals surface area (Å²) in [6.45, 7) is 5.71. The lowest BCUT2D eigenvalue weighted by Gasteiger charge is -2.20. The molecule has 192 valence electrons. The van der Waals surface area contributed by atoms with E-state index in [0.29, 0.717) is 11.3 Å². The van der Waals surface area contributed by atoms with Crippen LogP contribution in [0.4, 0.5) is 11.4 Å². The lowest BCUT2D eigenvalue weighted by atomic mass is 10.1. The Morgan fingerprint density at radius 2 is 2.00 bits per heavy atom. The van der Waals surface area contributed by atoms with Crippen LogP contribution in [0.15, 0.2) is 50.4 Å². The number of sulfonamides is 2. The molecular weight excluding hydrogens is 526 g/mol. The fraction of sp³-hybridized carbons (Fsp3) is 0.318. The zero-order valence-electron chi connectivity index (χ0n) is 19.7. The second-order valence-corrected chi connectivity index (χ2v) is 13.1. The highest BCUT2D eigenvalue weighted by molar-refractivity contribution is 7.92. The third-order valence-corrected chi connectivity index (χ3v) is 8.96. The van der Waals surface area contributed by atoms with Crippen molar-refractivity contribution in [1.29, 1.82) is 0 Å². The predicted molar refractivity (Wildman–Crippen MR) is 139 cm³/mol. The molecule has 36 heavy (non-hydrogen) atoms. The Hall–Kier alpha value is -3.23. The molecular formula is C22H25N5O6S3. The van der Waals surface area contributed by atoms with Crippen LogP contribution in [0.1, 0.15) is 32.8 Å². The fourth-order valence-electron chi connectivity index (χ4n) is 3.46. The average molecular weight is 552 g/mol. The molecule has 0 atom stereocenters. The number of rotatable bonds is 8. The van der Waals surface area contributed by atoms with Crippen LogP contribution < -0.4 is 15.0 Å². The topological polar surface area (TPSA) is 160 Å². The normalized spacial score (nSPS) is 14.7. The van der Waals surface area contributed by atoms with Crippen molar-refractivity contribution < 1.29 is 21.9 Å². The first-order valence-electron chi connectivity index (χ1n) is 11.1. The molecule has 0 fully saturated rings. The van der Waals surface area contributed by atoms with E-state index in [1.807, 2.05) is 13.8 Å². The predicted octanol–water partition coefficient (Wildman–Crippen LogP) is 2.86. The zero-order valence-corrected chi connectivity index (χ0v) is 22.2. The molecule has 0 bridgehead atoms. The van der Waals surface area contributed by atoms with Crippen molar-refractivity contribution in [2.45, 2.75) is 38.6 Å². The minimum Gasteiger partial charge on any atom is -0.505 e. The molecule has 3 heterocycles. The third-order valence-electron chi connectivity index (χ3n) is 5.41. The summed E-state index contributed by atoms with van der Waals surface area (Å²) < 4.78 is 55.8. The van der Waals surface area contributed by atoms with E-state index in [1.54, 1.807) is 17.5 Å². The number of aliphatic imine (C=N–C) groups is 1. The van der Waals surface area contributed by atoms with Crippen molar-refractivity contribution in [3.05, 3.63) is 51.6 Å². The summed E-state index contributed by atoms with van der Waals surface area (Å²) in [4.78, 5) is 18.0. The summed E-state index contributed by atoms with van der Waals surface area (Å²) in [5.74, 6) is -0.738. The number of thiophene rings is 1. The van der Waals surface area contributed by atoms with E-state index < -0.39 is 31.4 Å². The molecule has 0 saturated heterocycles. The van der Waals surface area contributed by atoms with Crippen molar-refractivity contribution in [3.63, 3.8) is 0 Å². The number of aryl methyl sites for hydroxylation is 1. The van der Waals surface area contributed by atoms with Gasteiger partial charge in [0.1, 0.15) is 16.2 Å². The number of benzene rings is 1. The number of amidine groups is 1. The molecule has 0 unspecified atom stereocenters. The van der Waals surface area contributed by atoms with E-state index in [9.17, 15) is 26.7 Å². The van der Waals surface area contributed by atoms with Gasteiger partial charge in [-0.1, -0.05) is 19.9 Å². The minimum atomic E-state index is -4.26. The molecule has 2 aromatic heterocycles. The molecule has 0 aliphatic carbocycles. The van der Waals surface area contributed by atoms with Crippen LogP contribution in [0.2, 0.25) is 0 Å². The Morgan fingerprint density at radius 1 is 1.25 bits per heavy atom. The largest absolute Gasteiger partial charge is 0.505 e. The van der Waals surface area contributed by atoms with E-state index in [-0.39, 0.29) is 51.6 Å². The van der Waals surface area contributed by atoms with Crippen molar-refractivity contribution >= 4 is 48.6 Å². The van der Waals surface area contributed by atoms with Gasteiger partial charge in [0.25, 0.3) is 15.6 Å². The van der Waals surface area contributed by atoms with Gasteiger partial charge in [0.05, 0.1) is 16.3 Å². The molecule has 3 aromatic rings. The standard InChI is InChI=1S/C22H25N5O6S3/c1-4-35(30,31)25-14-7-8-15-17(12-14)36(32,33)26-21(23-15)18-20(28)19(16-6-5-11-34-16)24-27(22(18)29)10-9-13(2)3/h5-8,11-13,25,28H,4,9-10H2,1-3H3,(H,23,26). The molecule has 14 heteroatoms. The minimum absolute atomic E-state index is 0.00906. The summed E-state index contributed by atoms with van der Waals surface area (Å²) in [5.41, 5.74) is -0.819.